The zero-order valence-electron chi connectivity index (χ0n) is 22.7. The lowest BCUT2D eigenvalue weighted by Gasteiger charge is -2.27. The molecule has 1 aromatic carbocycles. The molecule has 10 nitrogen and oxygen atoms in total. The molecule has 40 heavy (non-hydrogen) atoms. The number of aromatic nitrogens is 3. The van der Waals surface area contributed by atoms with Crippen molar-refractivity contribution < 1.29 is 19.4 Å². The van der Waals surface area contributed by atoms with Gasteiger partial charge in [0.05, 0.1) is 30.4 Å². The zero-order chi connectivity index (χ0) is 28.2. The Labute approximate surface area is 232 Å². The first kappa shape index (κ1) is 27.3. The number of nitrogens with two attached hydrogens (primary N) is 1. The molecule has 0 bridgehead atoms. The van der Waals surface area contributed by atoms with E-state index in [-0.39, 0.29) is 24.3 Å². The van der Waals surface area contributed by atoms with Crippen LogP contribution < -0.4 is 11.1 Å². The number of pyridine rings is 2. The average molecular weight is 543 g/mol. The Hall–Kier alpha value is -4.28. The third kappa shape index (κ3) is 5.68. The Morgan fingerprint density at radius 3 is 2.58 bits per heavy atom. The van der Waals surface area contributed by atoms with Gasteiger partial charge in [0.25, 0.3) is 5.91 Å². The van der Waals surface area contributed by atoms with Crippen molar-refractivity contribution in [3.63, 3.8) is 0 Å². The van der Waals surface area contributed by atoms with Gasteiger partial charge in [-0.3, -0.25) is 9.59 Å². The smallest absolute Gasteiger partial charge is 0.255 e. The second-order valence-electron chi connectivity index (χ2n) is 10.4. The van der Waals surface area contributed by atoms with Crippen molar-refractivity contribution in [2.24, 2.45) is 17.6 Å². The number of aliphatic hydroxyl groups excluding tert-OH is 1. The number of morpholine rings is 1. The van der Waals surface area contributed by atoms with Crippen molar-refractivity contribution >= 4 is 29.0 Å². The number of ether oxygens (including phenoxy) is 1. The molecule has 1 fully saturated rings. The van der Waals surface area contributed by atoms with Gasteiger partial charge in [-0.1, -0.05) is 38.1 Å². The highest BCUT2D eigenvalue weighted by Gasteiger charge is 2.30. The van der Waals surface area contributed by atoms with Gasteiger partial charge in [0, 0.05) is 50.0 Å². The molecular formula is C30H34N6O4. The second-order valence-corrected chi connectivity index (χ2v) is 10.4. The van der Waals surface area contributed by atoms with Gasteiger partial charge in [-0.15, -0.1) is 0 Å². The van der Waals surface area contributed by atoms with E-state index in [9.17, 15) is 14.7 Å². The van der Waals surface area contributed by atoms with Crippen LogP contribution in [0.25, 0.3) is 16.8 Å². The molecule has 208 valence electrons. The summed E-state index contributed by atoms with van der Waals surface area (Å²) in [5, 5.41) is 13.3. The number of nitrogens with zero attached hydrogens (tertiary/aromatic N) is 4. The Balaban J connectivity index is 1.44. The van der Waals surface area contributed by atoms with E-state index in [2.05, 4.69) is 15.3 Å². The van der Waals surface area contributed by atoms with E-state index in [1.807, 2.05) is 61.0 Å². The molecule has 0 aliphatic carbocycles. The maximum atomic E-state index is 12.8. The third-order valence-corrected chi connectivity index (χ3v) is 7.44. The fourth-order valence-electron chi connectivity index (χ4n) is 5.20. The maximum Gasteiger partial charge on any atom is 0.255 e. The third-order valence-electron chi connectivity index (χ3n) is 7.44. The molecule has 3 aromatic heterocycles. The number of hydrogen-bond acceptors (Lipinski definition) is 7. The van der Waals surface area contributed by atoms with Crippen LogP contribution in [-0.4, -0.2) is 69.1 Å². The Bertz CT molecular complexity index is 1490. The van der Waals surface area contributed by atoms with Crippen LogP contribution in [0.2, 0.25) is 0 Å². The molecule has 0 saturated carbocycles. The first-order valence-electron chi connectivity index (χ1n) is 13.4. The predicted molar refractivity (Wildman–Crippen MR) is 152 cm³/mol. The van der Waals surface area contributed by atoms with Crippen LogP contribution in [0.15, 0.2) is 67.3 Å². The summed E-state index contributed by atoms with van der Waals surface area (Å²) in [5.74, 6) is -0.764. The number of carbonyl (C=O) groups excluding carboxylic acids is 2. The maximum absolute atomic E-state index is 12.8. The SMILES string of the molecule is CC(C)[C@H](CO)C(C(N)=O)c1cccc(-c2cc(Nc3ccc(C(=O)N4CCOCC4)cn3)c3nccn3c2)c1. The first-order valence-corrected chi connectivity index (χ1v) is 13.4. The summed E-state index contributed by atoms with van der Waals surface area (Å²) in [6.45, 7) is 6.05. The number of aliphatic hydroxyl groups is 1. The lowest BCUT2D eigenvalue weighted by Crippen LogP contribution is -2.40. The number of rotatable bonds is 9. The summed E-state index contributed by atoms with van der Waals surface area (Å²) in [7, 11) is 0. The fourth-order valence-corrected chi connectivity index (χ4v) is 5.20. The lowest BCUT2D eigenvalue weighted by atomic mass is 9.78. The van der Waals surface area contributed by atoms with Crippen LogP contribution in [0.4, 0.5) is 11.5 Å². The highest BCUT2D eigenvalue weighted by molar-refractivity contribution is 5.94. The van der Waals surface area contributed by atoms with Crippen molar-refractivity contribution in [1.82, 2.24) is 19.3 Å². The summed E-state index contributed by atoms with van der Waals surface area (Å²) in [4.78, 5) is 36.0. The molecule has 1 aliphatic heterocycles. The van der Waals surface area contributed by atoms with Crippen molar-refractivity contribution in [3.8, 4) is 11.1 Å². The predicted octanol–water partition coefficient (Wildman–Crippen LogP) is 3.45. The summed E-state index contributed by atoms with van der Waals surface area (Å²) in [6.07, 6.45) is 7.12. The van der Waals surface area contributed by atoms with Gasteiger partial charge in [-0.2, -0.15) is 0 Å². The summed E-state index contributed by atoms with van der Waals surface area (Å²) in [6, 6.07) is 13.2. The highest BCUT2D eigenvalue weighted by Crippen LogP contribution is 2.34. The standard InChI is InChI=1S/C30H34N6O4/c1-19(2)24(18-37)27(28(31)38)21-5-3-4-20(14-21)23-15-25(29-32-8-9-36(29)17-23)34-26-7-6-22(16-33-26)30(39)35-10-12-40-13-11-35/h3-9,14-17,19,24,27,37H,10-13,18H2,1-2H3,(H2,31,38)(H,33,34)/t24-,27?/m0/s1. The van der Waals surface area contributed by atoms with Crippen molar-refractivity contribution in [2.75, 3.05) is 38.2 Å². The first-order chi connectivity index (χ1) is 19.4. The Kier molecular flexibility index (Phi) is 8.09. The van der Waals surface area contributed by atoms with Crippen molar-refractivity contribution in [3.05, 3.63) is 78.4 Å². The number of imidazole rings is 1. The number of amides is 2. The van der Waals surface area contributed by atoms with Gasteiger partial charge >= 0.3 is 0 Å². The Morgan fingerprint density at radius 2 is 1.90 bits per heavy atom. The van der Waals surface area contributed by atoms with Crippen molar-refractivity contribution in [2.45, 2.75) is 19.8 Å². The fraction of sp³-hybridized carbons (Fsp3) is 0.333. The van der Waals surface area contributed by atoms with Gasteiger partial charge in [0.15, 0.2) is 5.65 Å². The molecule has 4 N–H and O–H groups in total. The largest absolute Gasteiger partial charge is 0.396 e. The summed E-state index contributed by atoms with van der Waals surface area (Å²) >= 11 is 0. The van der Waals surface area contributed by atoms with Crippen LogP contribution >= 0.6 is 0 Å². The van der Waals surface area contributed by atoms with E-state index in [4.69, 9.17) is 10.5 Å². The van der Waals surface area contributed by atoms with Crippen LogP contribution in [0.5, 0.6) is 0 Å². The molecule has 1 saturated heterocycles. The number of carbonyl (C=O) groups is 2. The minimum absolute atomic E-state index is 0.0601. The van der Waals surface area contributed by atoms with E-state index >= 15 is 0 Å². The molecule has 4 heterocycles. The zero-order valence-corrected chi connectivity index (χ0v) is 22.7. The number of hydrogen-bond donors (Lipinski definition) is 3. The Morgan fingerprint density at radius 1 is 1.10 bits per heavy atom. The minimum atomic E-state index is -0.609. The number of benzene rings is 1. The van der Waals surface area contributed by atoms with E-state index in [0.717, 1.165) is 22.4 Å². The van der Waals surface area contributed by atoms with Crippen LogP contribution in [0, 0.1) is 11.8 Å². The molecule has 2 atom stereocenters. The number of primary amides is 1. The van der Waals surface area contributed by atoms with E-state index < -0.39 is 11.8 Å². The van der Waals surface area contributed by atoms with Gasteiger partial charge in [-0.05, 0) is 41.2 Å². The number of fused-ring (bicyclic) bond motifs is 1. The number of anilines is 2. The topological polar surface area (TPSA) is 135 Å². The molecule has 4 aromatic rings. The highest BCUT2D eigenvalue weighted by atomic mass is 16.5. The van der Waals surface area contributed by atoms with Crippen LogP contribution in [0.1, 0.15) is 35.7 Å². The minimum Gasteiger partial charge on any atom is -0.396 e. The monoisotopic (exact) mass is 542 g/mol. The molecule has 1 unspecified atom stereocenters. The summed E-state index contributed by atoms with van der Waals surface area (Å²) < 4.78 is 7.25. The van der Waals surface area contributed by atoms with Gasteiger partial charge in [0.1, 0.15) is 5.82 Å². The van der Waals surface area contributed by atoms with Gasteiger partial charge in [-0.25, -0.2) is 9.97 Å². The van der Waals surface area contributed by atoms with E-state index in [0.29, 0.717) is 43.3 Å². The molecule has 5 rings (SSSR count). The molecule has 10 heteroatoms. The molecule has 0 spiro atoms. The van der Waals surface area contributed by atoms with Gasteiger partial charge < -0.3 is 30.2 Å². The molecule has 1 aliphatic rings. The molecule has 0 radical (unpaired) electrons. The van der Waals surface area contributed by atoms with Crippen LogP contribution in [-0.2, 0) is 9.53 Å². The average Bonchev–Trinajstić information content (AvgIpc) is 3.45. The molecular weight excluding hydrogens is 508 g/mol. The van der Waals surface area contributed by atoms with E-state index in [1.54, 1.807) is 29.4 Å². The lowest BCUT2D eigenvalue weighted by molar-refractivity contribution is -0.121. The van der Waals surface area contributed by atoms with Crippen LogP contribution in [0.3, 0.4) is 0 Å². The normalized spacial score (nSPS) is 15.2. The van der Waals surface area contributed by atoms with Gasteiger partial charge in [0.2, 0.25) is 5.91 Å². The summed E-state index contributed by atoms with van der Waals surface area (Å²) in [5.41, 5.74) is 10.3. The molecule has 2 amide bonds. The second kappa shape index (κ2) is 11.8. The quantitative estimate of drug-likeness (QED) is 0.295. The van der Waals surface area contributed by atoms with E-state index in [1.165, 1.54) is 0 Å². The van der Waals surface area contributed by atoms with Crippen molar-refractivity contribution in [1.29, 1.82) is 0 Å². The number of nitrogens with one attached hydrogen (secondary N) is 1.